The summed E-state index contributed by atoms with van der Waals surface area (Å²) in [5.74, 6) is -2.43. The molecule has 0 fully saturated rings. The summed E-state index contributed by atoms with van der Waals surface area (Å²) in [6.07, 6.45) is 3.31. The molecule has 2 aromatic rings. The van der Waals surface area contributed by atoms with Crippen molar-refractivity contribution >= 4 is 28.9 Å². The molecule has 2 atom stereocenters. The molecule has 4 nitrogen and oxygen atoms in total. The van der Waals surface area contributed by atoms with Crippen molar-refractivity contribution in [3.8, 4) is 0 Å². The molecule has 6 heteroatoms. The number of ketones is 1. The van der Waals surface area contributed by atoms with Gasteiger partial charge in [-0.25, -0.2) is 4.39 Å². The summed E-state index contributed by atoms with van der Waals surface area (Å²) >= 11 is 5.88. The molecule has 0 amide bonds. The second-order valence-electron chi connectivity index (χ2n) is 5.76. The fraction of sp³-hybridized carbons (Fsp3) is 0.263. The van der Waals surface area contributed by atoms with Gasteiger partial charge < -0.3 is 9.15 Å². The van der Waals surface area contributed by atoms with Gasteiger partial charge in [-0.2, -0.15) is 0 Å². The number of esters is 1. The highest BCUT2D eigenvalue weighted by molar-refractivity contribution is 6.30. The van der Waals surface area contributed by atoms with Crippen LogP contribution in [-0.4, -0.2) is 18.4 Å². The maximum absolute atomic E-state index is 13.5. The largest absolute Gasteiger partial charge is 0.465 e. The van der Waals surface area contributed by atoms with Crippen LogP contribution in [0.2, 0.25) is 5.02 Å². The number of rotatable bonds is 4. The van der Waals surface area contributed by atoms with Crippen molar-refractivity contribution in [3.05, 3.63) is 64.8 Å². The minimum Gasteiger partial charge on any atom is -0.465 e. The molecule has 25 heavy (non-hydrogen) atoms. The Morgan fingerprint density at radius 1 is 1.40 bits per heavy atom. The van der Waals surface area contributed by atoms with Gasteiger partial charge in [-0.3, -0.25) is 9.59 Å². The molecule has 1 aliphatic rings. The summed E-state index contributed by atoms with van der Waals surface area (Å²) in [6.45, 7) is 1.85. The molecule has 0 spiro atoms. The number of halogens is 2. The van der Waals surface area contributed by atoms with E-state index in [1.54, 1.807) is 19.1 Å². The Bertz CT molecular complexity index is 826. The predicted molar refractivity (Wildman–Crippen MR) is 90.6 cm³/mol. The summed E-state index contributed by atoms with van der Waals surface area (Å²) in [7, 11) is 0. The summed E-state index contributed by atoms with van der Waals surface area (Å²) in [6, 6.07) is 7.69. The van der Waals surface area contributed by atoms with Crippen LogP contribution in [0.15, 0.2) is 47.1 Å². The third-order valence-electron chi connectivity index (χ3n) is 4.22. The molecule has 0 unspecified atom stereocenters. The number of benzene rings is 1. The number of hydrogen-bond donors (Lipinski definition) is 0. The molecule has 0 saturated carbocycles. The van der Waals surface area contributed by atoms with Crippen molar-refractivity contribution in [1.82, 2.24) is 0 Å². The molecular weight excluding hydrogens is 347 g/mol. The van der Waals surface area contributed by atoms with Gasteiger partial charge in [0.05, 0.1) is 17.9 Å². The predicted octanol–water partition coefficient (Wildman–Crippen LogP) is 4.39. The smallest absolute Gasteiger partial charge is 0.317 e. The van der Waals surface area contributed by atoms with Gasteiger partial charge in [-0.05, 0) is 54.8 Å². The molecule has 3 rings (SSSR count). The standard InChI is InChI=1S/C19H16ClFO4/c1-2-24-19(23)18-13(11-5-6-15(21)14(20)9-11)8-12(10-16(18)22)17-4-3-7-25-17/h3-7,9-10,13,18H,2,8H2,1H3/t13-,18+/m1/s1. The van der Waals surface area contributed by atoms with Crippen LogP contribution in [-0.2, 0) is 14.3 Å². The van der Waals surface area contributed by atoms with Gasteiger partial charge >= 0.3 is 5.97 Å². The Morgan fingerprint density at radius 2 is 2.20 bits per heavy atom. The molecule has 130 valence electrons. The fourth-order valence-electron chi connectivity index (χ4n) is 3.07. The van der Waals surface area contributed by atoms with Gasteiger partial charge in [-0.15, -0.1) is 0 Å². The quantitative estimate of drug-likeness (QED) is 0.598. The third kappa shape index (κ3) is 3.51. The van der Waals surface area contributed by atoms with Crippen LogP contribution in [0, 0.1) is 11.7 Å². The summed E-state index contributed by atoms with van der Waals surface area (Å²) in [5.41, 5.74) is 1.29. The summed E-state index contributed by atoms with van der Waals surface area (Å²) in [4.78, 5) is 25.0. The first kappa shape index (κ1) is 17.4. The number of ether oxygens (including phenoxy) is 1. The van der Waals surface area contributed by atoms with Crippen molar-refractivity contribution in [1.29, 1.82) is 0 Å². The van der Waals surface area contributed by atoms with Crippen LogP contribution >= 0.6 is 11.6 Å². The number of carbonyl (C=O) groups is 2. The van der Waals surface area contributed by atoms with E-state index in [1.165, 1.54) is 30.5 Å². The van der Waals surface area contributed by atoms with Gasteiger partial charge in [0.2, 0.25) is 0 Å². The first-order valence-corrected chi connectivity index (χ1v) is 8.29. The van der Waals surface area contributed by atoms with E-state index < -0.39 is 23.6 Å². The van der Waals surface area contributed by atoms with Crippen molar-refractivity contribution in [3.63, 3.8) is 0 Å². The summed E-state index contributed by atoms with van der Waals surface area (Å²) in [5, 5.41) is -0.0540. The average Bonchev–Trinajstić information content (AvgIpc) is 3.11. The minimum absolute atomic E-state index is 0.0540. The van der Waals surface area contributed by atoms with Crippen molar-refractivity contribution < 1.29 is 23.1 Å². The molecule has 0 bridgehead atoms. The van der Waals surface area contributed by atoms with E-state index in [9.17, 15) is 14.0 Å². The Hall–Kier alpha value is -2.40. The van der Waals surface area contributed by atoms with Crippen molar-refractivity contribution in [2.24, 2.45) is 5.92 Å². The van der Waals surface area contributed by atoms with Gasteiger partial charge in [0.25, 0.3) is 0 Å². The lowest BCUT2D eigenvalue weighted by atomic mass is 9.74. The van der Waals surface area contributed by atoms with Crippen molar-refractivity contribution in [2.75, 3.05) is 6.61 Å². The van der Waals surface area contributed by atoms with E-state index in [-0.39, 0.29) is 17.4 Å². The Balaban J connectivity index is 2.03. The molecule has 0 aliphatic heterocycles. The van der Waals surface area contributed by atoms with Gasteiger partial charge in [0.1, 0.15) is 17.5 Å². The first-order valence-electron chi connectivity index (χ1n) is 7.91. The SMILES string of the molecule is CCOC(=O)[C@@H]1C(=O)C=C(c2ccco2)C[C@@H]1c1ccc(F)c(Cl)c1. The third-order valence-corrected chi connectivity index (χ3v) is 4.50. The lowest BCUT2D eigenvalue weighted by Crippen LogP contribution is -2.34. The normalized spacial score (nSPS) is 20.3. The van der Waals surface area contributed by atoms with Gasteiger partial charge in [0.15, 0.2) is 5.78 Å². The second-order valence-corrected chi connectivity index (χ2v) is 6.17. The van der Waals surface area contributed by atoms with Crippen LogP contribution in [0.1, 0.15) is 30.6 Å². The first-order chi connectivity index (χ1) is 12.0. The molecule has 0 radical (unpaired) electrons. The number of carbonyl (C=O) groups excluding carboxylic acids is 2. The number of allylic oxidation sites excluding steroid dienone is 2. The average molecular weight is 363 g/mol. The van der Waals surface area contributed by atoms with E-state index in [0.29, 0.717) is 23.3 Å². The second kappa shape index (κ2) is 7.23. The van der Waals surface area contributed by atoms with E-state index in [0.717, 1.165) is 0 Å². The Kier molecular flexibility index (Phi) is 5.04. The van der Waals surface area contributed by atoms with E-state index in [4.69, 9.17) is 20.8 Å². The van der Waals surface area contributed by atoms with Crippen LogP contribution in [0.5, 0.6) is 0 Å². The van der Waals surface area contributed by atoms with Gasteiger partial charge in [-0.1, -0.05) is 17.7 Å². The van der Waals surface area contributed by atoms with Crippen LogP contribution in [0.25, 0.3) is 5.57 Å². The zero-order valence-corrected chi connectivity index (χ0v) is 14.3. The van der Waals surface area contributed by atoms with Crippen LogP contribution in [0.4, 0.5) is 4.39 Å². The monoisotopic (exact) mass is 362 g/mol. The zero-order chi connectivity index (χ0) is 18.0. The lowest BCUT2D eigenvalue weighted by Gasteiger charge is -2.28. The maximum Gasteiger partial charge on any atom is 0.317 e. The topological polar surface area (TPSA) is 56.5 Å². The Morgan fingerprint density at radius 3 is 2.84 bits per heavy atom. The highest BCUT2D eigenvalue weighted by Gasteiger charge is 2.40. The van der Waals surface area contributed by atoms with E-state index in [2.05, 4.69) is 0 Å². The molecule has 1 heterocycles. The fourth-order valence-corrected chi connectivity index (χ4v) is 3.26. The van der Waals surface area contributed by atoms with E-state index in [1.807, 2.05) is 0 Å². The Labute approximate surface area is 149 Å². The van der Waals surface area contributed by atoms with E-state index >= 15 is 0 Å². The number of hydrogen-bond acceptors (Lipinski definition) is 4. The van der Waals surface area contributed by atoms with Crippen LogP contribution in [0.3, 0.4) is 0 Å². The number of furan rings is 1. The zero-order valence-electron chi connectivity index (χ0n) is 13.5. The highest BCUT2D eigenvalue weighted by Crippen LogP contribution is 2.41. The lowest BCUT2D eigenvalue weighted by molar-refractivity contribution is -0.151. The molecule has 0 N–H and O–H groups in total. The molecular formula is C19H16ClFO4. The summed E-state index contributed by atoms with van der Waals surface area (Å²) < 4.78 is 23.9. The molecule has 1 aliphatic carbocycles. The van der Waals surface area contributed by atoms with Crippen LogP contribution < -0.4 is 0 Å². The molecule has 0 saturated heterocycles. The molecule has 1 aromatic heterocycles. The highest BCUT2D eigenvalue weighted by atomic mass is 35.5. The van der Waals surface area contributed by atoms with Crippen molar-refractivity contribution in [2.45, 2.75) is 19.3 Å². The molecule has 1 aromatic carbocycles. The minimum atomic E-state index is -0.986. The van der Waals surface area contributed by atoms with Gasteiger partial charge in [0, 0.05) is 5.92 Å². The maximum atomic E-state index is 13.5.